The molecule has 0 unspecified atom stereocenters. The van der Waals surface area contributed by atoms with E-state index in [9.17, 15) is 13.6 Å². The van der Waals surface area contributed by atoms with Crippen LogP contribution < -0.4 is 0 Å². The molecule has 4 nitrogen and oxygen atoms in total. The van der Waals surface area contributed by atoms with E-state index >= 15 is 0 Å². The fourth-order valence-electron chi connectivity index (χ4n) is 2.02. The summed E-state index contributed by atoms with van der Waals surface area (Å²) in [4.78, 5) is 14.9. The van der Waals surface area contributed by atoms with Crippen molar-refractivity contribution in [2.75, 3.05) is 0 Å². The number of imidazole rings is 1. The maximum atomic E-state index is 13.3. The van der Waals surface area contributed by atoms with E-state index in [-0.39, 0.29) is 18.9 Å². The third kappa shape index (κ3) is 2.57. The second-order valence-corrected chi connectivity index (χ2v) is 4.68. The summed E-state index contributed by atoms with van der Waals surface area (Å²) in [6.45, 7) is 3.97. The normalized spacial score (nSPS) is 11.4. The van der Waals surface area contributed by atoms with E-state index in [1.807, 2.05) is 13.8 Å². The molecule has 1 aromatic heterocycles. The van der Waals surface area contributed by atoms with E-state index in [0.717, 1.165) is 12.1 Å². The molecule has 0 spiro atoms. The molecule has 6 heteroatoms. The SMILES string of the molecule is CC(C)c1nc2cc(F)c(F)cc2n1CCC(=O)O. The molecule has 0 aliphatic heterocycles. The van der Waals surface area contributed by atoms with Crippen LogP contribution >= 0.6 is 0 Å². The van der Waals surface area contributed by atoms with E-state index in [4.69, 9.17) is 5.11 Å². The van der Waals surface area contributed by atoms with Gasteiger partial charge in [-0.05, 0) is 0 Å². The number of hydrogen-bond donors (Lipinski definition) is 1. The number of aryl methyl sites for hydroxylation is 1. The largest absolute Gasteiger partial charge is 0.481 e. The topological polar surface area (TPSA) is 55.1 Å². The number of rotatable bonds is 4. The van der Waals surface area contributed by atoms with Crippen LogP contribution in [0.25, 0.3) is 11.0 Å². The zero-order valence-electron chi connectivity index (χ0n) is 10.7. The Bertz CT molecular complexity index is 635. The van der Waals surface area contributed by atoms with Crippen LogP contribution in [0.5, 0.6) is 0 Å². The van der Waals surface area contributed by atoms with Gasteiger partial charge in [0.1, 0.15) is 5.82 Å². The van der Waals surface area contributed by atoms with Crippen LogP contribution in [0.1, 0.15) is 32.0 Å². The van der Waals surface area contributed by atoms with Crippen molar-refractivity contribution >= 4 is 17.0 Å². The molecule has 102 valence electrons. The molecule has 0 saturated heterocycles. The first-order chi connectivity index (χ1) is 8.90. The van der Waals surface area contributed by atoms with Gasteiger partial charge in [0.15, 0.2) is 11.6 Å². The van der Waals surface area contributed by atoms with Gasteiger partial charge < -0.3 is 9.67 Å². The molecule has 0 aliphatic rings. The predicted molar refractivity (Wildman–Crippen MR) is 66.0 cm³/mol. The van der Waals surface area contributed by atoms with E-state index in [2.05, 4.69) is 4.98 Å². The van der Waals surface area contributed by atoms with Crippen molar-refractivity contribution in [1.82, 2.24) is 9.55 Å². The van der Waals surface area contributed by atoms with Gasteiger partial charge in [-0.3, -0.25) is 4.79 Å². The van der Waals surface area contributed by atoms with Gasteiger partial charge in [0.25, 0.3) is 0 Å². The molecule has 2 rings (SSSR count). The molecule has 0 fully saturated rings. The van der Waals surface area contributed by atoms with Crippen LogP contribution in [0.3, 0.4) is 0 Å². The van der Waals surface area contributed by atoms with Crippen LogP contribution in [-0.2, 0) is 11.3 Å². The monoisotopic (exact) mass is 268 g/mol. The summed E-state index contributed by atoms with van der Waals surface area (Å²) < 4.78 is 28.1. The first kappa shape index (κ1) is 13.5. The number of aromatic nitrogens is 2. The Kier molecular flexibility index (Phi) is 3.50. The molecular weight excluding hydrogens is 254 g/mol. The minimum absolute atomic E-state index is 0.0346. The summed E-state index contributed by atoms with van der Waals surface area (Å²) in [5.74, 6) is -2.20. The van der Waals surface area contributed by atoms with E-state index in [0.29, 0.717) is 16.9 Å². The lowest BCUT2D eigenvalue weighted by molar-refractivity contribution is -0.137. The van der Waals surface area contributed by atoms with Gasteiger partial charge in [-0.25, -0.2) is 13.8 Å². The Morgan fingerprint density at radius 3 is 2.58 bits per heavy atom. The summed E-state index contributed by atoms with van der Waals surface area (Å²) in [7, 11) is 0. The minimum Gasteiger partial charge on any atom is -0.481 e. The van der Waals surface area contributed by atoms with E-state index in [1.165, 1.54) is 0 Å². The summed E-state index contributed by atoms with van der Waals surface area (Å²) >= 11 is 0. The number of carbonyl (C=O) groups is 1. The highest BCUT2D eigenvalue weighted by molar-refractivity contribution is 5.76. The maximum absolute atomic E-state index is 13.3. The molecule has 0 amide bonds. The summed E-state index contributed by atoms with van der Waals surface area (Å²) in [5, 5.41) is 8.74. The fourth-order valence-corrected chi connectivity index (χ4v) is 2.02. The van der Waals surface area contributed by atoms with Crippen molar-refractivity contribution in [3.05, 3.63) is 29.6 Å². The first-order valence-corrected chi connectivity index (χ1v) is 5.97. The van der Waals surface area contributed by atoms with Crippen LogP contribution in [0.15, 0.2) is 12.1 Å². The van der Waals surface area contributed by atoms with Crippen molar-refractivity contribution < 1.29 is 18.7 Å². The zero-order chi connectivity index (χ0) is 14.2. The maximum Gasteiger partial charge on any atom is 0.305 e. The number of hydrogen-bond acceptors (Lipinski definition) is 2. The third-order valence-corrected chi connectivity index (χ3v) is 2.89. The highest BCUT2D eigenvalue weighted by Gasteiger charge is 2.16. The molecule has 1 aromatic carbocycles. The van der Waals surface area contributed by atoms with Crippen LogP contribution in [0, 0.1) is 11.6 Å². The molecular formula is C13H14F2N2O2. The van der Waals surface area contributed by atoms with Crippen molar-refractivity contribution in [1.29, 1.82) is 0 Å². The molecule has 1 N–H and O–H groups in total. The van der Waals surface area contributed by atoms with Gasteiger partial charge in [-0.1, -0.05) is 13.8 Å². The predicted octanol–water partition coefficient (Wildman–Crippen LogP) is 2.91. The quantitative estimate of drug-likeness (QED) is 0.927. The molecule has 0 atom stereocenters. The highest BCUT2D eigenvalue weighted by atomic mass is 19.2. The molecule has 0 bridgehead atoms. The third-order valence-electron chi connectivity index (χ3n) is 2.89. The van der Waals surface area contributed by atoms with Crippen LogP contribution in [-0.4, -0.2) is 20.6 Å². The number of halogens is 2. The van der Waals surface area contributed by atoms with Gasteiger partial charge in [-0.15, -0.1) is 0 Å². The number of carboxylic acid groups (broad SMARTS) is 1. The van der Waals surface area contributed by atoms with Crippen LogP contribution in [0.4, 0.5) is 8.78 Å². The molecule has 1 heterocycles. The molecule has 0 radical (unpaired) electrons. The van der Waals surface area contributed by atoms with E-state index < -0.39 is 17.6 Å². The lowest BCUT2D eigenvalue weighted by Gasteiger charge is -2.10. The lowest BCUT2D eigenvalue weighted by Crippen LogP contribution is -2.09. The van der Waals surface area contributed by atoms with Gasteiger partial charge in [0, 0.05) is 24.6 Å². The molecule has 0 saturated carbocycles. The van der Waals surface area contributed by atoms with Gasteiger partial charge in [0.2, 0.25) is 0 Å². The number of benzene rings is 1. The van der Waals surface area contributed by atoms with Gasteiger partial charge in [-0.2, -0.15) is 0 Å². The second kappa shape index (κ2) is 4.95. The molecule has 0 aliphatic carbocycles. The van der Waals surface area contributed by atoms with Gasteiger partial charge in [0.05, 0.1) is 17.5 Å². The van der Waals surface area contributed by atoms with Crippen molar-refractivity contribution in [2.45, 2.75) is 32.7 Å². The Labute approximate surface area is 108 Å². The highest BCUT2D eigenvalue weighted by Crippen LogP contribution is 2.24. The Balaban J connectivity index is 2.58. The number of aliphatic carboxylic acids is 1. The van der Waals surface area contributed by atoms with Gasteiger partial charge >= 0.3 is 5.97 Å². The van der Waals surface area contributed by atoms with Crippen molar-refractivity contribution in [2.24, 2.45) is 0 Å². The number of nitrogens with zero attached hydrogens (tertiary/aromatic N) is 2. The standard InChI is InChI=1S/C13H14F2N2O2/c1-7(2)13-16-10-5-8(14)9(15)6-11(10)17(13)4-3-12(18)19/h5-7H,3-4H2,1-2H3,(H,18,19). The molecule has 19 heavy (non-hydrogen) atoms. The molecule has 2 aromatic rings. The minimum atomic E-state index is -0.959. The number of fused-ring (bicyclic) bond motifs is 1. The Morgan fingerprint density at radius 1 is 1.37 bits per heavy atom. The van der Waals surface area contributed by atoms with E-state index in [1.54, 1.807) is 4.57 Å². The summed E-state index contributed by atoms with van der Waals surface area (Å²) in [5.41, 5.74) is 0.761. The second-order valence-electron chi connectivity index (χ2n) is 4.68. The summed E-state index contributed by atoms with van der Waals surface area (Å²) in [6.07, 6.45) is -0.0931. The average Bonchev–Trinajstić information content (AvgIpc) is 2.65. The smallest absolute Gasteiger partial charge is 0.305 e. The van der Waals surface area contributed by atoms with Crippen molar-refractivity contribution in [3.63, 3.8) is 0 Å². The fraction of sp³-hybridized carbons (Fsp3) is 0.385. The first-order valence-electron chi connectivity index (χ1n) is 5.97. The van der Waals surface area contributed by atoms with Crippen LogP contribution in [0.2, 0.25) is 0 Å². The number of carboxylic acids is 1. The lowest BCUT2D eigenvalue weighted by atomic mass is 10.2. The summed E-state index contributed by atoms with van der Waals surface area (Å²) in [6, 6.07) is 2.10. The Morgan fingerprint density at radius 2 is 2.00 bits per heavy atom. The zero-order valence-corrected chi connectivity index (χ0v) is 10.7. The van der Waals surface area contributed by atoms with Crippen molar-refractivity contribution in [3.8, 4) is 0 Å². The average molecular weight is 268 g/mol. The Hall–Kier alpha value is -1.98.